The lowest BCUT2D eigenvalue weighted by Crippen LogP contribution is -2.30. The monoisotopic (exact) mass is 1010 g/mol. The van der Waals surface area contributed by atoms with E-state index in [9.17, 15) is 14.4 Å². The topological polar surface area (TPSA) is 78.9 Å². The minimum Gasteiger partial charge on any atom is -0.462 e. The first-order valence-electron chi connectivity index (χ1n) is 31.3. The van der Waals surface area contributed by atoms with Crippen LogP contribution in [-0.2, 0) is 28.6 Å². The summed E-state index contributed by atoms with van der Waals surface area (Å²) in [6, 6.07) is 0. The number of hydrogen-bond acceptors (Lipinski definition) is 6. The van der Waals surface area contributed by atoms with Gasteiger partial charge in [-0.15, -0.1) is 0 Å². The molecule has 0 rings (SSSR count). The number of carbonyl (C=O) groups excluding carboxylic acids is 3. The second kappa shape index (κ2) is 60.7. The Labute approximate surface area is 447 Å². The molecule has 0 aliphatic rings. The molecule has 0 saturated carbocycles. The van der Waals surface area contributed by atoms with Gasteiger partial charge >= 0.3 is 17.9 Å². The zero-order valence-corrected chi connectivity index (χ0v) is 47.9. The summed E-state index contributed by atoms with van der Waals surface area (Å²) in [5.41, 5.74) is 0. The van der Waals surface area contributed by atoms with Crippen LogP contribution in [0.2, 0.25) is 0 Å². The second-order valence-corrected chi connectivity index (χ2v) is 20.9. The number of unbranched alkanes of at least 4 members (excludes halogenated alkanes) is 36. The van der Waals surface area contributed by atoms with Gasteiger partial charge in [0.15, 0.2) is 6.10 Å². The van der Waals surface area contributed by atoms with Crippen LogP contribution >= 0.6 is 0 Å². The Bertz CT molecular complexity index is 1290. The number of rotatable bonds is 57. The summed E-state index contributed by atoms with van der Waals surface area (Å²) in [5, 5.41) is 0. The largest absolute Gasteiger partial charge is 0.462 e. The van der Waals surface area contributed by atoms with Crippen molar-refractivity contribution in [2.24, 2.45) is 0 Å². The Balaban J connectivity index is 3.86. The van der Waals surface area contributed by atoms with E-state index in [-0.39, 0.29) is 31.1 Å². The average molecular weight is 1010 g/mol. The van der Waals surface area contributed by atoms with Gasteiger partial charge in [-0.05, 0) is 83.5 Å². The molecule has 0 fully saturated rings. The van der Waals surface area contributed by atoms with Crippen LogP contribution in [0.3, 0.4) is 0 Å². The summed E-state index contributed by atoms with van der Waals surface area (Å²) in [7, 11) is 0. The molecule has 0 N–H and O–H groups in total. The van der Waals surface area contributed by atoms with E-state index in [0.717, 1.165) is 96.3 Å². The molecule has 0 bridgehead atoms. The molecule has 0 heterocycles. The van der Waals surface area contributed by atoms with Gasteiger partial charge < -0.3 is 14.2 Å². The molecule has 0 saturated heterocycles. The van der Waals surface area contributed by atoms with Gasteiger partial charge in [0.25, 0.3) is 0 Å². The maximum Gasteiger partial charge on any atom is 0.306 e. The fraction of sp³-hybridized carbons (Fsp3) is 0.803. The number of carbonyl (C=O) groups is 3. The molecule has 1 unspecified atom stereocenters. The molecule has 0 aromatic heterocycles. The highest BCUT2D eigenvalue weighted by Crippen LogP contribution is 2.17. The minimum atomic E-state index is -0.770. The zero-order chi connectivity index (χ0) is 52.2. The molecule has 0 radical (unpaired) electrons. The normalized spacial score (nSPS) is 12.4. The smallest absolute Gasteiger partial charge is 0.306 e. The van der Waals surface area contributed by atoms with Gasteiger partial charge in [-0.1, -0.05) is 281 Å². The number of allylic oxidation sites excluding steroid dienone is 10. The highest BCUT2D eigenvalue weighted by molar-refractivity contribution is 5.71. The van der Waals surface area contributed by atoms with Crippen LogP contribution < -0.4 is 0 Å². The Morgan fingerprint density at radius 2 is 0.542 bits per heavy atom. The summed E-state index contributed by atoms with van der Waals surface area (Å²) >= 11 is 0. The Morgan fingerprint density at radius 1 is 0.292 bits per heavy atom. The standard InChI is InChI=1S/C66H118O6/c1-4-7-10-13-15-17-19-21-23-24-25-26-27-28-29-30-31-32-33-34-35-36-37-38-39-40-41-42-43-45-46-48-50-53-56-59-65(68)71-62-63(61-70-64(67)58-55-52-12-9-6-3)72-66(69)60-57-54-51-49-47-44-22-20-18-16-14-11-8-5-2/h7,10,15,17,20-23,25-26,63H,4-6,8-9,11-14,16,18-19,24,27-62H2,1-3H3/b10-7-,17-15-,22-20-,23-21-,26-25-. The fourth-order valence-corrected chi connectivity index (χ4v) is 9.08. The molecule has 1 atom stereocenters. The van der Waals surface area contributed by atoms with E-state index in [1.165, 1.54) is 186 Å². The fourth-order valence-electron chi connectivity index (χ4n) is 9.08. The van der Waals surface area contributed by atoms with E-state index >= 15 is 0 Å². The van der Waals surface area contributed by atoms with Crippen molar-refractivity contribution >= 4 is 17.9 Å². The number of hydrogen-bond donors (Lipinski definition) is 0. The predicted octanol–water partition coefficient (Wildman–Crippen LogP) is 21.2. The zero-order valence-electron chi connectivity index (χ0n) is 47.9. The molecule has 0 aromatic rings. The van der Waals surface area contributed by atoms with Crippen LogP contribution in [0.5, 0.6) is 0 Å². The van der Waals surface area contributed by atoms with Gasteiger partial charge in [-0.25, -0.2) is 0 Å². The lowest BCUT2D eigenvalue weighted by Gasteiger charge is -2.18. The summed E-state index contributed by atoms with van der Waals surface area (Å²) < 4.78 is 16.7. The van der Waals surface area contributed by atoms with Crippen LogP contribution in [0.25, 0.3) is 0 Å². The third-order valence-corrected chi connectivity index (χ3v) is 13.8. The molecule has 6 nitrogen and oxygen atoms in total. The first kappa shape index (κ1) is 69.1. The van der Waals surface area contributed by atoms with Gasteiger partial charge in [0.05, 0.1) is 0 Å². The Hall–Kier alpha value is -2.89. The van der Waals surface area contributed by atoms with E-state index in [0.29, 0.717) is 19.3 Å². The van der Waals surface area contributed by atoms with Crippen LogP contribution in [0.1, 0.15) is 323 Å². The first-order chi connectivity index (χ1) is 35.5. The van der Waals surface area contributed by atoms with E-state index < -0.39 is 6.10 Å². The third-order valence-electron chi connectivity index (χ3n) is 13.8. The van der Waals surface area contributed by atoms with Crippen LogP contribution in [0.4, 0.5) is 0 Å². The maximum absolute atomic E-state index is 12.7. The number of ether oxygens (including phenoxy) is 3. The third kappa shape index (κ3) is 58.0. The van der Waals surface area contributed by atoms with Crippen molar-refractivity contribution in [1.29, 1.82) is 0 Å². The van der Waals surface area contributed by atoms with E-state index in [1.54, 1.807) is 0 Å². The molecule has 0 amide bonds. The second-order valence-electron chi connectivity index (χ2n) is 20.9. The SMILES string of the molecule is CC/C=C\C/C=C\C/C=C\C/C=C\CCCCCCCCCCCCCCCCCCCCCCCCC(=O)OCC(COC(=O)CCCCCCC)OC(=O)CCCCCCC/C=C\CCCCCCC. The lowest BCUT2D eigenvalue weighted by molar-refractivity contribution is -0.167. The van der Waals surface area contributed by atoms with Gasteiger partial charge in [-0.2, -0.15) is 0 Å². The van der Waals surface area contributed by atoms with Crippen LogP contribution in [0, 0.1) is 0 Å². The highest BCUT2D eigenvalue weighted by atomic mass is 16.6. The summed E-state index contributed by atoms with van der Waals surface area (Å²) in [6.07, 6.45) is 77.3. The van der Waals surface area contributed by atoms with Crippen molar-refractivity contribution in [2.75, 3.05) is 13.2 Å². The molecular formula is C66H118O6. The quantitative estimate of drug-likeness (QED) is 0.0261. The Kier molecular flexibility index (Phi) is 58.2. The molecule has 6 heteroatoms. The minimum absolute atomic E-state index is 0.0729. The first-order valence-corrected chi connectivity index (χ1v) is 31.3. The molecule has 0 aliphatic carbocycles. The van der Waals surface area contributed by atoms with Crippen molar-refractivity contribution in [3.05, 3.63) is 60.8 Å². The van der Waals surface area contributed by atoms with Crippen molar-refractivity contribution < 1.29 is 28.6 Å². The number of esters is 3. The van der Waals surface area contributed by atoms with Gasteiger partial charge in [0, 0.05) is 19.3 Å². The molecule has 418 valence electrons. The average Bonchev–Trinajstić information content (AvgIpc) is 3.38. The predicted molar refractivity (Wildman–Crippen MR) is 312 cm³/mol. The molecule has 72 heavy (non-hydrogen) atoms. The van der Waals surface area contributed by atoms with E-state index in [2.05, 4.69) is 81.5 Å². The lowest BCUT2D eigenvalue weighted by atomic mass is 10.0. The van der Waals surface area contributed by atoms with Gasteiger partial charge in [-0.3, -0.25) is 14.4 Å². The summed E-state index contributed by atoms with van der Waals surface area (Å²) in [6.45, 7) is 6.46. The van der Waals surface area contributed by atoms with E-state index in [1.807, 2.05) is 0 Å². The van der Waals surface area contributed by atoms with Crippen molar-refractivity contribution in [1.82, 2.24) is 0 Å². The highest BCUT2D eigenvalue weighted by Gasteiger charge is 2.19. The molecule has 0 aliphatic heterocycles. The van der Waals surface area contributed by atoms with Crippen LogP contribution in [-0.4, -0.2) is 37.2 Å². The molecule has 0 spiro atoms. The van der Waals surface area contributed by atoms with Gasteiger partial charge in [0.1, 0.15) is 13.2 Å². The van der Waals surface area contributed by atoms with Gasteiger partial charge in [0.2, 0.25) is 0 Å². The van der Waals surface area contributed by atoms with E-state index in [4.69, 9.17) is 14.2 Å². The maximum atomic E-state index is 12.7. The summed E-state index contributed by atoms with van der Waals surface area (Å²) in [5.74, 6) is -0.882. The molecule has 0 aromatic carbocycles. The summed E-state index contributed by atoms with van der Waals surface area (Å²) in [4.78, 5) is 37.8. The van der Waals surface area contributed by atoms with Crippen LogP contribution in [0.15, 0.2) is 60.8 Å². The van der Waals surface area contributed by atoms with Crippen molar-refractivity contribution in [2.45, 2.75) is 329 Å². The Morgan fingerprint density at radius 3 is 0.861 bits per heavy atom. The van der Waals surface area contributed by atoms with Crippen molar-refractivity contribution in [3.63, 3.8) is 0 Å². The van der Waals surface area contributed by atoms with Crippen molar-refractivity contribution in [3.8, 4) is 0 Å². The molecular weight excluding hydrogens is 889 g/mol.